The van der Waals surface area contributed by atoms with Gasteiger partial charge in [-0.15, -0.1) is 0 Å². The van der Waals surface area contributed by atoms with Crippen molar-refractivity contribution >= 4 is 24.2 Å². The van der Waals surface area contributed by atoms with Crippen molar-refractivity contribution < 1.29 is 9.47 Å². The summed E-state index contributed by atoms with van der Waals surface area (Å²) in [6, 6.07) is 8.26. The Labute approximate surface area is 178 Å². The lowest BCUT2D eigenvalue weighted by Gasteiger charge is -2.47. The van der Waals surface area contributed by atoms with Gasteiger partial charge in [-0.2, -0.15) is 12.6 Å². The van der Waals surface area contributed by atoms with Gasteiger partial charge in [0.1, 0.15) is 5.54 Å². The highest BCUT2D eigenvalue weighted by Gasteiger charge is 2.50. The van der Waals surface area contributed by atoms with Crippen LogP contribution in [0.3, 0.4) is 0 Å². The molecule has 2 aliphatic rings. The molecule has 6 heteroatoms. The fourth-order valence-corrected chi connectivity index (χ4v) is 5.69. The minimum atomic E-state index is -0.297. The van der Waals surface area contributed by atoms with Gasteiger partial charge in [-0.1, -0.05) is 36.6 Å². The molecule has 152 valence electrons. The van der Waals surface area contributed by atoms with Crippen molar-refractivity contribution in [3.63, 3.8) is 0 Å². The Morgan fingerprint density at radius 3 is 2.64 bits per heavy atom. The van der Waals surface area contributed by atoms with Crippen LogP contribution in [0.25, 0.3) is 0 Å². The molecule has 0 amide bonds. The molecule has 0 N–H and O–H groups in total. The molecule has 2 fully saturated rings. The van der Waals surface area contributed by atoms with Gasteiger partial charge in [0.25, 0.3) is 0 Å². The predicted molar refractivity (Wildman–Crippen MR) is 115 cm³/mol. The average molecular weight is 421 g/mol. The van der Waals surface area contributed by atoms with Gasteiger partial charge in [-0.25, -0.2) is 4.98 Å². The molecule has 0 radical (unpaired) electrons. The molecule has 4 nitrogen and oxygen atoms in total. The zero-order valence-corrected chi connectivity index (χ0v) is 17.8. The van der Waals surface area contributed by atoms with Crippen LogP contribution < -0.4 is 0 Å². The Hall–Kier alpha value is -1.01. The number of imidazole rings is 1. The van der Waals surface area contributed by atoms with Crippen molar-refractivity contribution in [1.82, 2.24) is 9.55 Å². The highest BCUT2D eigenvalue weighted by molar-refractivity contribution is 7.80. The second-order valence-corrected chi connectivity index (χ2v) is 8.84. The molecule has 1 aliphatic heterocycles. The molecule has 1 saturated heterocycles. The molecular weight excluding hydrogens is 392 g/mol. The molecule has 28 heavy (non-hydrogen) atoms. The van der Waals surface area contributed by atoms with Gasteiger partial charge in [0.05, 0.1) is 19.5 Å². The lowest BCUT2D eigenvalue weighted by atomic mass is 9.70. The number of hydrogen-bond acceptors (Lipinski definition) is 4. The van der Waals surface area contributed by atoms with E-state index in [0.29, 0.717) is 30.8 Å². The van der Waals surface area contributed by atoms with Crippen LogP contribution in [0.1, 0.15) is 37.7 Å². The van der Waals surface area contributed by atoms with E-state index in [1.807, 2.05) is 30.9 Å². The van der Waals surface area contributed by atoms with Crippen molar-refractivity contribution in [2.45, 2.75) is 50.4 Å². The molecule has 3 unspecified atom stereocenters. The lowest BCUT2D eigenvalue weighted by Crippen LogP contribution is -2.54. The largest absolute Gasteiger partial charge is 0.348 e. The lowest BCUT2D eigenvalue weighted by molar-refractivity contribution is -0.144. The van der Waals surface area contributed by atoms with E-state index in [9.17, 15) is 0 Å². The van der Waals surface area contributed by atoms with Gasteiger partial charge < -0.3 is 14.0 Å². The van der Waals surface area contributed by atoms with E-state index in [1.54, 1.807) is 0 Å². The number of rotatable bonds is 7. The van der Waals surface area contributed by atoms with E-state index in [-0.39, 0.29) is 11.8 Å². The highest BCUT2D eigenvalue weighted by Crippen LogP contribution is 2.45. The number of hydrogen-bond donors (Lipinski definition) is 1. The van der Waals surface area contributed by atoms with Crippen molar-refractivity contribution in [2.24, 2.45) is 11.8 Å². The van der Waals surface area contributed by atoms with Crippen LogP contribution in [0.2, 0.25) is 5.02 Å². The summed E-state index contributed by atoms with van der Waals surface area (Å²) >= 11 is 10.8. The van der Waals surface area contributed by atoms with Crippen molar-refractivity contribution in [1.29, 1.82) is 0 Å². The SMILES string of the molecule is SCC(C1CCCC(CCc2ccc(Cl)cc2)C1)(C1OCCO1)n1ccnc1. The third kappa shape index (κ3) is 4.13. The molecule has 0 spiro atoms. The van der Waals surface area contributed by atoms with Crippen LogP contribution >= 0.6 is 24.2 Å². The minimum Gasteiger partial charge on any atom is -0.348 e. The number of thiol groups is 1. The van der Waals surface area contributed by atoms with Gasteiger partial charge in [-0.05, 0) is 55.2 Å². The molecular formula is C22H29ClN2O2S. The fraction of sp³-hybridized carbons (Fsp3) is 0.591. The summed E-state index contributed by atoms with van der Waals surface area (Å²) in [6.07, 6.45) is 12.7. The molecule has 2 heterocycles. The normalized spacial score (nSPS) is 25.6. The topological polar surface area (TPSA) is 36.3 Å². The standard InChI is InChI=1S/C22H29ClN2O2S/c23-20-8-6-17(7-9-20)4-5-18-2-1-3-19(14-18)22(15-28,21-26-12-13-27-21)25-11-10-24-16-25/h6-11,16,18-19,21,28H,1-5,12-15H2. The first kappa shape index (κ1) is 20.3. The first-order chi connectivity index (χ1) is 13.7. The van der Waals surface area contributed by atoms with Gasteiger partial charge in [0.2, 0.25) is 0 Å². The molecule has 1 saturated carbocycles. The molecule has 1 aliphatic carbocycles. The first-order valence-electron chi connectivity index (χ1n) is 10.3. The monoisotopic (exact) mass is 420 g/mol. The summed E-state index contributed by atoms with van der Waals surface area (Å²) in [5.74, 6) is 1.85. The summed E-state index contributed by atoms with van der Waals surface area (Å²) in [6.45, 7) is 1.31. The van der Waals surface area contributed by atoms with Crippen LogP contribution in [0.5, 0.6) is 0 Å². The number of aromatic nitrogens is 2. The van der Waals surface area contributed by atoms with Crippen LogP contribution in [0, 0.1) is 11.8 Å². The fourth-order valence-electron chi connectivity index (χ4n) is 4.99. The van der Waals surface area contributed by atoms with Gasteiger partial charge in [0.15, 0.2) is 6.29 Å². The number of nitrogens with zero attached hydrogens (tertiary/aromatic N) is 2. The zero-order chi connectivity index (χ0) is 19.4. The minimum absolute atomic E-state index is 0.251. The Kier molecular flexibility index (Phi) is 6.66. The Morgan fingerprint density at radius 1 is 1.18 bits per heavy atom. The second-order valence-electron chi connectivity index (χ2n) is 8.09. The van der Waals surface area contributed by atoms with Gasteiger partial charge >= 0.3 is 0 Å². The molecule has 1 aromatic carbocycles. The van der Waals surface area contributed by atoms with Gasteiger partial charge in [-0.3, -0.25) is 0 Å². The van der Waals surface area contributed by atoms with Crippen LogP contribution in [-0.2, 0) is 21.4 Å². The number of aryl methyl sites for hydroxylation is 1. The maximum absolute atomic E-state index is 6.03. The van der Waals surface area contributed by atoms with Crippen LogP contribution in [0.15, 0.2) is 43.0 Å². The summed E-state index contributed by atoms with van der Waals surface area (Å²) in [5, 5.41) is 0.803. The Morgan fingerprint density at radius 2 is 1.96 bits per heavy atom. The van der Waals surface area contributed by atoms with E-state index in [1.165, 1.54) is 37.7 Å². The average Bonchev–Trinajstić information content (AvgIpc) is 3.44. The molecule has 0 bridgehead atoms. The third-order valence-electron chi connectivity index (χ3n) is 6.51. The van der Waals surface area contributed by atoms with E-state index >= 15 is 0 Å². The van der Waals surface area contributed by atoms with E-state index in [2.05, 4.69) is 21.7 Å². The third-order valence-corrected chi connectivity index (χ3v) is 7.27. The molecule has 3 atom stereocenters. The Balaban J connectivity index is 1.49. The quantitative estimate of drug-likeness (QED) is 0.642. The van der Waals surface area contributed by atoms with Crippen molar-refractivity contribution in [3.8, 4) is 0 Å². The smallest absolute Gasteiger partial charge is 0.182 e. The maximum atomic E-state index is 6.03. The van der Waals surface area contributed by atoms with Crippen molar-refractivity contribution in [3.05, 3.63) is 53.6 Å². The number of ether oxygens (including phenoxy) is 2. The molecule has 2 aromatic rings. The second kappa shape index (κ2) is 9.21. The maximum Gasteiger partial charge on any atom is 0.182 e. The van der Waals surface area contributed by atoms with E-state index in [4.69, 9.17) is 33.7 Å². The first-order valence-corrected chi connectivity index (χ1v) is 11.3. The molecule has 4 rings (SSSR count). The summed E-state index contributed by atoms with van der Waals surface area (Å²) in [4.78, 5) is 4.31. The van der Waals surface area contributed by atoms with E-state index < -0.39 is 0 Å². The summed E-state index contributed by atoms with van der Waals surface area (Å²) < 4.78 is 14.3. The summed E-state index contributed by atoms with van der Waals surface area (Å²) in [5.41, 5.74) is 1.07. The van der Waals surface area contributed by atoms with Crippen molar-refractivity contribution in [2.75, 3.05) is 19.0 Å². The predicted octanol–water partition coefficient (Wildman–Crippen LogP) is 4.97. The van der Waals surface area contributed by atoms with Crippen LogP contribution in [-0.4, -0.2) is 34.8 Å². The Bertz CT molecular complexity index is 734. The highest BCUT2D eigenvalue weighted by atomic mass is 35.5. The van der Waals surface area contributed by atoms with E-state index in [0.717, 1.165) is 11.4 Å². The number of halogens is 1. The van der Waals surface area contributed by atoms with Gasteiger partial charge in [0, 0.05) is 23.2 Å². The van der Waals surface area contributed by atoms with Crippen LogP contribution in [0.4, 0.5) is 0 Å². The zero-order valence-electron chi connectivity index (χ0n) is 16.2. The summed E-state index contributed by atoms with van der Waals surface area (Å²) in [7, 11) is 0. The number of benzene rings is 1. The molecule has 1 aromatic heterocycles.